The maximum absolute atomic E-state index is 13.4. The Balaban J connectivity index is 3.08. The van der Waals surface area contributed by atoms with Crippen LogP contribution < -0.4 is 0 Å². The number of hydrogen-bond donors (Lipinski definition) is 1. The van der Waals surface area contributed by atoms with Crippen molar-refractivity contribution in [2.75, 3.05) is 6.61 Å². The number of halogens is 3. The minimum atomic E-state index is -1.88. The number of ether oxygens (including phenoxy) is 1. The van der Waals surface area contributed by atoms with Crippen LogP contribution in [0.1, 0.15) is 18.6 Å². The van der Waals surface area contributed by atoms with E-state index < -0.39 is 34.3 Å². The first-order valence-electron chi connectivity index (χ1n) is 4.46. The Morgan fingerprint density at radius 3 is 2.75 bits per heavy atom. The van der Waals surface area contributed by atoms with Gasteiger partial charge >= 0.3 is 5.97 Å². The molecule has 1 aromatic carbocycles. The van der Waals surface area contributed by atoms with Crippen LogP contribution in [0.5, 0.6) is 0 Å². The monoisotopic (exact) mass is 250 g/mol. The Labute approximate surface area is 95.6 Å². The number of carbonyl (C=O) groups is 1. The lowest BCUT2D eigenvalue weighted by atomic mass is 10.1. The lowest BCUT2D eigenvalue weighted by molar-refractivity contribution is -0.153. The lowest BCUT2D eigenvalue weighted by Crippen LogP contribution is -2.17. The van der Waals surface area contributed by atoms with Gasteiger partial charge in [-0.1, -0.05) is 11.6 Å². The molecule has 16 heavy (non-hydrogen) atoms. The molecule has 0 aliphatic rings. The van der Waals surface area contributed by atoms with Crippen LogP contribution in [-0.2, 0) is 9.53 Å². The van der Waals surface area contributed by atoms with E-state index in [2.05, 4.69) is 4.74 Å². The fourth-order valence-electron chi connectivity index (χ4n) is 1.12. The zero-order chi connectivity index (χ0) is 12.3. The normalized spacial score (nSPS) is 12.3. The van der Waals surface area contributed by atoms with Crippen molar-refractivity contribution in [3.63, 3.8) is 0 Å². The van der Waals surface area contributed by atoms with Crippen LogP contribution in [0.25, 0.3) is 0 Å². The minimum Gasteiger partial charge on any atom is -0.464 e. The van der Waals surface area contributed by atoms with E-state index in [-0.39, 0.29) is 6.61 Å². The van der Waals surface area contributed by atoms with E-state index in [1.165, 1.54) is 6.92 Å². The molecule has 0 fully saturated rings. The fraction of sp³-hybridized carbons (Fsp3) is 0.300. The molecule has 1 atom stereocenters. The second-order valence-corrected chi connectivity index (χ2v) is 3.35. The van der Waals surface area contributed by atoms with Gasteiger partial charge in [0.15, 0.2) is 6.10 Å². The predicted molar refractivity (Wildman–Crippen MR) is 53.0 cm³/mol. The van der Waals surface area contributed by atoms with E-state index in [1.54, 1.807) is 0 Å². The lowest BCUT2D eigenvalue weighted by Gasteiger charge is -2.11. The average Bonchev–Trinajstić information content (AvgIpc) is 2.22. The number of benzene rings is 1. The van der Waals surface area contributed by atoms with Gasteiger partial charge in [0.1, 0.15) is 11.6 Å². The van der Waals surface area contributed by atoms with Crippen molar-refractivity contribution in [1.82, 2.24) is 0 Å². The molecule has 0 radical (unpaired) electrons. The molecule has 0 heterocycles. The highest BCUT2D eigenvalue weighted by Gasteiger charge is 2.24. The van der Waals surface area contributed by atoms with Gasteiger partial charge in [0.25, 0.3) is 0 Å². The summed E-state index contributed by atoms with van der Waals surface area (Å²) in [6.45, 7) is 1.56. The van der Waals surface area contributed by atoms with Crippen molar-refractivity contribution in [2.45, 2.75) is 13.0 Å². The van der Waals surface area contributed by atoms with Crippen LogP contribution in [-0.4, -0.2) is 17.7 Å². The molecule has 0 aromatic heterocycles. The van der Waals surface area contributed by atoms with Gasteiger partial charge < -0.3 is 9.84 Å². The van der Waals surface area contributed by atoms with Crippen molar-refractivity contribution in [1.29, 1.82) is 0 Å². The molecule has 0 spiro atoms. The molecule has 1 rings (SSSR count). The molecule has 0 aliphatic heterocycles. The summed E-state index contributed by atoms with van der Waals surface area (Å²) in [5.74, 6) is -2.93. The predicted octanol–water partition coefficient (Wildman–Crippen LogP) is 2.21. The van der Waals surface area contributed by atoms with Crippen LogP contribution >= 0.6 is 11.6 Å². The van der Waals surface area contributed by atoms with Gasteiger partial charge in [0.2, 0.25) is 0 Å². The van der Waals surface area contributed by atoms with Crippen LogP contribution in [0, 0.1) is 11.6 Å². The quantitative estimate of drug-likeness (QED) is 0.661. The molecule has 0 saturated carbocycles. The maximum Gasteiger partial charge on any atom is 0.339 e. The van der Waals surface area contributed by atoms with Crippen LogP contribution in [0.4, 0.5) is 8.78 Å². The van der Waals surface area contributed by atoms with E-state index in [1.807, 2.05) is 0 Å². The van der Waals surface area contributed by atoms with Gasteiger partial charge in [0.05, 0.1) is 11.6 Å². The topological polar surface area (TPSA) is 46.5 Å². The van der Waals surface area contributed by atoms with E-state index in [0.29, 0.717) is 6.07 Å². The summed E-state index contributed by atoms with van der Waals surface area (Å²) in [4.78, 5) is 11.1. The number of carbonyl (C=O) groups excluding carboxylic acids is 1. The maximum atomic E-state index is 13.4. The van der Waals surface area contributed by atoms with Gasteiger partial charge in [-0.15, -0.1) is 0 Å². The summed E-state index contributed by atoms with van der Waals surface area (Å²) < 4.78 is 30.7. The summed E-state index contributed by atoms with van der Waals surface area (Å²) in [5.41, 5.74) is -0.538. The van der Waals surface area contributed by atoms with Crippen molar-refractivity contribution in [2.24, 2.45) is 0 Å². The first-order chi connectivity index (χ1) is 7.47. The molecule has 1 aromatic rings. The molecular formula is C10H9ClF2O3. The third-order valence-electron chi connectivity index (χ3n) is 1.83. The second-order valence-electron chi connectivity index (χ2n) is 2.95. The van der Waals surface area contributed by atoms with Gasteiger partial charge in [-0.2, -0.15) is 0 Å². The third-order valence-corrected chi connectivity index (χ3v) is 2.10. The molecule has 0 saturated heterocycles. The van der Waals surface area contributed by atoms with Crippen molar-refractivity contribution in [3.05, 3.63) is 34.4 Å². The molecular weight excluding hydrogens is 242 g/mol. The highest BCUT2D eigenvalue weighted by Crippen LogP contribution is 2.25. The molecule has 0 amide bonds. The first-order valence-corrected chi connectivity index (χ1v) is 4.84. The Hall–Kier alpha value is -1.20. The fourth-order valence-corrected chi connectivity index (χ4v) is 1.34. The van der Waals surface area contributed by atoms with Crippen molar-refractivity contribution in [3.8, 4) is 0 Å². The molecule has 1 N–H and O–H groups in total. The zero-order valence-corrected chi connectivity index (χ0v) is 9.09. The van der Waals surface area contributed by atoms with Crippen molar-refractivity contribution < 1.29 is 23.4 Å². The highest BCUT2D eigenvalue weighted by molar-refractivity contribution is 6.30. The SMILES string of the molecule is CCOC(=O)C(O)c1cc(F)cc(Cl)c1F. The summed E-state index contributed by atoms with van der Waals surface area (Å²) in [6.07, 6.45) is -1.88. The second kappa shape index (κ2) is 5.23. The van der Waals surface area contributed by atoms with Gasteiger partial charge in [0, 0.05) is 5.56 Å². The van der Waals surface area contributed by atoms with Gasteiger partial charge in [-0.25, -0.2) is 13.6 Å². The van der Waals surface area contributed by atoms with Gasteiger partial charge in [-0.05, 0) is 19.1 Å². The first kappa shape index (κ1) is 12.9. The number of esters is 1. The molecule has 88 valence electrons. The average molecular weight is 251 g/mol. The molecule has 3 nitrogen and oxygen atoms in total. The summed E-state index contributed by atoms with van der Waals surface area (Å²) in [5, 5.41) is 8.91. The van der Waals surface area contributed by atoms with Crippen molar-refractivity contribution >= 4 is 17.6 Å². The van der Waals surface area contributed by atoms with Crippen LogP contribution in [0.2, 0.25) is 5.02 Å². The Morgan fingerprint density at radius 2 is 2.19 bits per heavy atom. The molecule has 0 aliphatic carbocycles. The van der Waals surface area contributed by atoms with E-state index in [9.17, 15) is 18.7 Å². The summed E-state index contributed by atoms with van der Waals surface area (Å²) >= 11 is 5.37. The van der Waals surface area contributed by atoms with Crippen LogP contribution in [0.3, 0.4) is 0 Å². The van der Waals surface area contributed by atoms with Gasteiger partial charge in [-0.3, -0.25) is 0 Å². The van der Waals surface area contributed by atoms with E-state index in [0.717, 1.165) is 6.07 Å². The standard InChI is InChI=1S/C10H9ClF2O3/c1-2-16-10(15)9(14)6-3-5(12)4-7(11)8(6)13/h3-4,9,14H,2H2,1H3. The molecule has 6 heteroatoms. The smallest absolute Gasteiger partial charge is 0.339 e. The largest absolute Gasteiger partial charge is 0.464 e. The highest BCUT2D eigenvalue weighted by atomic mass is 35.5. The zero-order valence-electron chi connectivity index (χ0n) is 8.34. The number of aliphatic hydroxyl groups is 1. The van der Waals surface area contributed by atoms with E-state index >= 15 is 0 Å². The Morgan fingerprint density at radius 1 is 1.56 bits per heavy atom. The number of hydrogen-bond acceptors (Lipinski definition) is 3. The minimum absolute atomic E-state index is 0.0283. The van der Waals surface area contributed by atoms with Crippen LogP contribution in [0.15, 0.2) is 12.1 Å². The van der Waals surface area contributed by atoms with E-state index in [4.69, 9.17) is 11.6 Å². The molecule has 0 bridgehead atoms. The number of rotatable bonds is 3. The summed E-state index contributed by atoms with van der Waals surface area (Å²) in [6, 6.07) is 1.45. The third kappa shape index (κ3) is 2.68. The number of aliphatic hydroxyl groups excluding tert-OH is 1. The summed E-state index contributed by atoms with van der Waals surface area (Å²) in [7, 11) is 0. The Kier molecular flexibility index (Phi) is 4.20. The molecule has 1 unspecified atom stereocenters. The Bertz CT molecular complexity index is 409.